The number of rotatable bonds is 4. The molecule has 134 valence electrons. The summed E-state index contributed by atoms with van der Waals surface area (Å²) in [7, 11) is 0. The van der Waals surface area contributed by atoms with Gasteiger partial charge < -0.3 is 9.72 Å². The molecule has 5 nitrogen and oxygen atoms in total. The van der Waals surface area contributed by atoms with Crippen molar-refractivity contribution in [1.29, 1.82) is 0 Å². The molecule has 0 aliphatic carbocycles. The fraction of sp³-hybridized carbons (Fsp3) is 0. The van der Waals surface area contributed by atoms with Gasteiger partial charge in [-0.15, -0.1) is 0 Å². The smallest absolute Gasteiger partial charge is 0.196 e. The fourth-order valence-corrected chi connectivity index (χ4v) is 3.15. The predicted octanol–water partition coefficient (Wildman–Crippen LogP) is 5.43. The lowest BCUT2D eigenvalue weighted by Crippen LogP contribution is -2.02. The zero-order valence-electron chi connectivity index (χ0n) is 13.5. The molecular weight excluding hydrogens is 392 g/mol. The van der Waals surface area contributed by atoms with Gasteiger partial charge in [0.25, 0.3) is 0 Å². The van der Waals surface area contributed by atoms with Gasteiger partial charge >= 0.3 is 0 Å². The summed E-state index contributed by atoms with van der Waals surface area (Å²) in [6.45, 7) is 0. The molecule has 8 heteroatoms. The Morgan fingerprint density at radius 2 is 1.85 bits per heavy atom. The molecule has 0 fully saturated rings. The molecule has 0 unspecified atom stereocenters. The number of ketones is 1. The largest absolute Gasteiger partial charge is 0.457 e. The zero-order valence-corrected chi connectivity index (χ0v) is 15.1. The number of benzene rings is 2. The van der Waals surface area contributed by atoms with Crippen LogP contribution in [0.15, 0.2) is 55.0 Å². The van der Waals surface area contributed by atoms with E-state index in [0.717, 1.165) is 0 Å². The Balaban J connectivity index is 1.67. The second-order valence-electron chi connectivity index (χ2n) is 5.62. The second-order valence-corrected chi connectivity index (χ2v) is 6.39. The number of carbonyl (C=O) groups is 1. The minimum Gasteiger partial charge on any atom is -0.457 e. The first kappa shape index (κ1) is 17.5. The van der Waals surface area contributed by atoms with Crippen LogP contribution in [0.2, 0.25) is 10.2 Å². The highest BCUT2D eigenvalue weighted by Gasteiger charge is 2.20. The second kappa shape index (κ2) is 6.98. The third kappa shape index (κ3) is 3.37. The average molecular weight is 402 g/mol. The van der Waals surface area contributed by atoms with Crippen molar-refractivity contribution in [3.63, 3.8) is 0 Å². The highest BCUT2D eigenvalue weighted by Crippen LogP contribution is 2.31. The number of hydrogen-bond acceptors (Lipinski definition) is 4. The van der Waals surface area contributed by atoms with Gasteiger partial charge in [0.2, 0.25) is 0 Å². The number of nitrogens with one attached hydrogen (secondary N) is 1. The molecule has 2 aromatic carbocycles. The topological polar surface area (TPSA) is 67.9 Å². The fourth-order valence-electron chi connectivity index (χ4n) is 2.66. The van der Waals surface area contributed by atoms with Crippen molar-refractivity contribution >= 4 is 40.0 Å². The first-order chi connectivity index (χ1) is 13.0. The number of nitrogens with zero attached hydrogens (tertiary/aromatic N) is 2. The summed E-state index contributed by atoms with van der Waals surface area (Å²) in [4.78, 5) is 23.7. The number of carbonyl (C=O) groups excluding carboxylic acids is 1. The van der Waals surface area contributed by atoms with Crippen molar-refractivity contribution < 1.29 is 13.9 Å². The molecule has 0 saturated heterocycles. The SMILES string of the molecule is O=C(c1ccc(Oc2cccc(F)c2)cc1Cl)c1c[nH]c2ncnc(Cl)c12. The number of aromatic amines is 1. The van der Waals surface area contributed by atoms with Crippen LogP contribution in [0, 0.1) is 5.82 Å². The van der Waals surface area contributed by atoms with E-state index < -0.39 is 5.82 Å². The lowest BCUT2D eigenvalue weighted by atomic mass is 10.0. The van der Waals surface area contributed by atoms with Gasteiger partial charge in [0.05, 0.1) is 16.0 Å². The van der Waals surface area contributed by atoms with E-state index in [9.17, 15) is 9.18 Å². The van der Waals surface area contributed by atoms with Crippen LogP contribution in [0.25, 0.3) is 11.0 Å². The van der Waals surface area contributed by atoms with E-state index in [1.807, 2.05) is 0 Å². The highest BCUT2D eigenvalue weighted by molar-refractivity contribution is 6.38. The molecule has 2 aromatic heterocycles. The van der Waals surface area contributed by atoms with Crippen molar-refractivity contribution in [2.24, 2.45) is 0 Å². The van der Waals surface area contributed by atoms with Gasteiger partial charge in [0, 0.05) is 23.9 Å². The summed E-state index contributed by atoms with van der Waals surface area (Å²) in [6.07, 6.45) is 2.82. The molecule has 2 heterocycles. The maximum atomic E-state index is 13.3. The predicted molar refractivity (Wildman–Crippen MR) is 100 cm³/mol. The minimum atomic E-state index is -0.413. The van der Waals surface area contributed by atoms with Gasteiger partial charge in [-0.1, -0.05) is 29.3 Å². The van der Waals surface area contributed by atoms with Gasteiger partial charge in [-0.25, -0.2) is 14.4 Å². The van der Waals surface area contributed by atoms with E-state index in [-0.39, 0.29) is 21.5 Å². The molecule has 0 bridgehead atoms. The first-order valence-electron chi connectivity index (χ1n) is 7.78. The van der Waals surface area contributed by atoms with Crippen LogP contribution in [0.3, 0.4) is 0 Å². The summed E-state index contributed by atoms with van der Waals surface area (Å²) in [5, 5.41) is 0.795. The zero-order chi connectivity index (χ0) is 19.0. The normalized spacial score (nSPS) is 10.9. The molecule has 0 aliphatic heterocycles. The molecule has 0 amide bonds. The maximum Gasteiger partial charge on any atom is 0.196 e. The summed E-state index contributed by atoms with van der Waals surface area (Å²) in [6, 6.07) is 10.3. The molecule has 27 heavy (non-hydrogen) atoms. The Hall–Kier alpha value is -2.96. The molecule has 0 spiro atoms. The average Bonchev–Trinajstić information content (AvgIpc) is 3.07. The van der Waals surface area contributed by atoms with E-state index in [4.69, 9.17) is 27.9 Å². The molecule has 0 radical (unpaired) electrons. The Morgan fingerprint density at radius 3 is 2.63 bits per heavy atom. The monoisotopic (exact) mass is 401 g/mol. The van der Waals surface area contributed by atoms with Gasteiger partial charge in [-0.05, 0) is 24.3 Å². The van der Waals surface area contributed by atoms with Crippen molar-refractivity contribution in [2.75, 3.05) is 0 Å². The van der Waals surface area contributed by atoms with E-state index in [2.05, 4.69) is 15.0 Å². The summed E-state index contributed by atoms with van der Waals surface area (Å²) >= 11 is 12.4. The Bertz CT molecular complexity index is 1180. The molecule has 4 aromatic rings. The van der Waals surface area contributed by atoms with Crippen LogP contribution in [0.4, 0.5) is 4.39 Å². The van der Waals surface area contributed by atoms with E-state index >= 15 is 0 Å². The molecular formula is C19H10Cl2FN3O2. The first-order valence-corrected chi connectivity index (χ1v) is 8.54. The minimum absolute atomic E-state index is 0.173. The number of aromatic nitrogens is 3. The maximum absolute atomic E-state index is 13.3. The quantitative estimate of drug-likeness (QED) is 0.365. The Labute approximate surface area is 162 Å². The molecule has 0 atom stereocenters. The molecule has 1 N–H and O–H groups in total. The van der Waals surface area contributed by atoms with Crippen LogP contribution in [0.5, 0.6) is 11.5 Å². The summed E-state index contributed by atoms with van der Waals surface area (Å²) < 4.78 is 18.8. The Kier molecular flexibility index (Phi) is 4.51. The van der Waals surface area contributed by atoms with Gasteiger partial charge in [-0.3, -0.25) is 4.79 Å². The van der Waals surface area contributed by atoms with Crippen LogP contribution in [0.1, 0.15) is 15.9 Å². The molecule has 4 rings (SSSR count). The number of fused-ring (bicyclic) bond motifs is 1. The number of H-pyrrole nitrogens is 1. The highest BCUT2D eigenvalue weighted by atomic mass is 35.5. The van der Waals surface area contributed by atoms with E-state index in [1.165, 1.54) is 42.9 Å². The van der Waals surface area contributed by atoms with Gasteiger partial charge in [-0.2, -0.15) is 0 Å². The van der Waals surface area contributed by atoms with E-state index in [0.29, 0.717) is 28.1 Å². The van der Waals surface area contributed by atoms with Gasteiger partial charge in [0.1, 0.15) is 34.4 Å². The summed E-state index contributed by atoms with van der Waals surface area (Å²) in [5.41, 5.74) is 1.04. The van der Waals surface area contributed by atoms with Crippen LogP contribution >= 0.6 is 23.2 Å². The number of hydrogen-bond donors (Lipinski definition) is 1. The van der Waals surface area contributed by atoms with Crippen LogP contribution in [-0.2, 0) is 0 Å². The lowest BCUT2D eigenvalue weighted by molar-refractivity contribution is 0.104. The van der Waals surface area contributed by atoms with Crippen molar-refractivity contribution in [1.82, 2.24) is 15.0 Å². The summed E-state index contributed by atoms with van der Waals surface area (Å²) in [5.74, 6) is -0.0442. The van der Waals surface area contributed by atoms with Crippen LogP contribution in [-0.4, -0.2) is 20.7 Å². The van der Waals surface area contributed by atoms with E-state index in [1.54, 1.807) is 12.1 Å². The molecule has 0 saturated carbocycles. The molecule has 0 aliphatic rings. The van der Waals surface area contributed by atoms with Crippen molar-refractivity contribution in [2.45, 2.75) is 0 Å². The Morgan fingerprint density at radius 1 is 1.04 bits per heavy atom. The van der Waals surface area contributed by atoms with Crippen molar-refractivity contribution in [3.05, 3.63) is 82.1 Å². The standard InChI is InChI=1S/C19H10Cl2FN3O2/c20-15-7-12(27-11-3-1-2-10(22)6-11)4-5-13(15)17(26)14-8-23-19-16(14)18(21)24-9-25-19/h1-9H,(H,23,24,25). The van der Waals surface area contributed by atoms with Crippen LogP contribution < -0.4 is 4.74 Å². The number of halogens is 3. The lowest BCUT2D eigenvalue weighted by Gasteiger charge is -2.08. The number of ether oxygens (including phenoxy) is 1. The van der Waals surface area contributed by atoms with Gasteiger partial charge in [0.15, 0.2) is 5.78 Å². The third-order valence-electron chi connectivity index (χ3n) is 3.89. The van der Waals surface area contributed by atoms with Crippen molar-refractivity contribution in [3.8, 4) is 11.5 Å². The third-order valence-corrected chi connectivity index (χ3v) is 4.48.